The Balaban J connectivity index is 1.74. The van der Waals surface area contributed by atoms with E-state index in [1.807, 2.05) is 26.0 Å². The lowest BCUT2D eigenvalue weighted by Gasteiger charge is -2.34. The number of halogens is 1. The Morgan fingerprint density at radius 1 is 0.903 bits per heavy atom. The van der Waals surface area contributed by atoms with E-state index in [0.29, 0.717) is 37.6 Å². The van der Waals surface area contributed by atoms with E-state index in [2.05, 4.69) is 6.07 Å². The van der Waals surface area contributed by atoms with Crippen LogP contribution in [0.2, 0.25) is 0 Å². The zero-order valence-corrected chi connectivity index (χ0v) is 17.9. The molecule has 6 nitrogen and oxygen atoms in total. The lowest BCUT2D eigenvalue weighted by atomic mass is 10.1. The van der Waals surface area contributed by atoms with Gasteiger partial charge in [0.15, 0.2) is 0 Å². The minimum atomic E-state index is -0.322. The van der Waals surface area contributed by atoms with Gasteiger partial charge in [0.1, 0.15) is 11.5 Å². The summed E-state index contributed by atoms with van der Waals surface area (Å²) in [4.78, 5) is 28.6. The van der Waals surface area contributed by atoms with Crippen LogP contribution in [0.1, 0.15) is 28.5 Å². The van der Waals surface area contributed by atoms with Gasteiger partial charge in [0.2, 0.25) is 5.91 Å². The second-order valence-electron chi connectivity index (χ2n) is 7.92. The number of hydrogen-bond acceptors (Lipinski definition) is 3. The van der Waals surface area contributed by atoms with Gasteiger partial charge in [-0.1, -0.05) is 17.7 Å². The predicted octanol–water partition coefficient (Wildman–Crippen LogP) is 3.60. The summed E-state index contributed by atoms with van der Waals surface area (Å²) in [6.45, 7) is 7.53. The van der Waals surface area contributed by atoms with E-state index in [4.69, 9.17) is 5.10 Å². The van der Waals surface area contributed by atoms with Gasteiger partial charge in [-0.05, 0) is 55.8 Å². The lowest BCUT2D eigenvalue weighted by Crippen LogP contribution is -2.50. The van der Waals surface area contributed by atoms with Gasteiger partial charge in [0, 0.05) is 38.7 Å². The van der Waals surface area contributed by atoms with Crippen molar-refractivity contribution in [3.05, 3.63) is 71.2 Å². The van der Waals surface area contributed by atoms with E-state index in [1.54, 1.807) is 39.6 Å². The molecule has 0 N–H and O–H groups in total. The molecule has 0 bridgehead atoms. The molecule has 0 spiro atoms. The Labute approximate surface area is 180 Å². The molecule has 7 heteroatoms. The van der Waals surface area contributed by atoms with Gasteiger partial charge in [-0.2, -0.15) is 5.10 Å². The van der Waals surface area contributed by atoms with Gasteiger partial charge >= 0.3 is 0 Å². The SMILES string of the molecule is CC(=O)N1CCN(C(=O)c2cc(-c3ccc(F)cc3)nn2-c2ccc(C)cc2C)CC1. The van der Waals surface area contributed by atoms with E-state index in [-0.39, 0.29) is 17.6 Å². The molecule has 1 aliphatic heterocycles. The fraction of sp³-hybridized carbons (Fsp3) is 0.292. The molecule has 0 radical (unpaired) electrons. The number of nitrogens with zero attached hydrogens (tertiary/aromatic N) is 4. The fourth-order valence-corrected chi connectivity index (χ4v) is 3.91. The van der Waals surface area contributed by atoms with Crippen molar-refractivity contribution in [1.29, 1.82) is 0 Å². The molecule has 3 aromatic rings. The van der Waals surface area contributed by atoms with Crippen molar-refractivity contribution in [3.63, 3.8) is 0 Å². The Kier molecular flexibility index (Phi) is 5.59. The number of amides is 2. The van der Waals surface area contributed by atoms with Crippen LogP contribution in [-0.2, 0) is 4.79 Å². The normalized spacial score (nSPS) is 14.1. The summed E-state index contributed by atoms with van der Waals surface area (Å²) >= 11 is 0. The maximum Gasteiger partial charge on any atom is 0.272 e. The van der Waals surface area contributed by atoms with Gasteiger partial charge in [0.05, 0.1) is 11.4 Å². The molecule has 0 unspecified atom stereocenters. The summed E-state index contributed by atoms with van der Waals surface area (Å²) < 4.78 is 15.1. The molecule has 1 aliphatic rings. The quantitative estimate of drug-likeness (QED) is 0.651. The van der Waals surface area contributed by atoms with Gasteiger partial charge in [-0.15, -0.1) is 0 Å². The van der Waals surface area contributed by atoms with E-state index in [9.17, 15) is 14.0 Å². The summed E-state index contributed by atoms with van der Waals surface area (Å²) in [6, 6.07) is 13.8. The van der Waals surface area contributed by atoms with Crippen LogP contribution in [0.15, 0.2) is 48.5 Å². The van der Waals surface area contributed by atoms with Crippen molar-refractivity contribution < 1.29 is 14.0 Å². The minimum Gasteiger partial charge on any atom is -0.339 e. The number of benzene rings is 2. The van der Waals surface area contributed by atoms with Crippen LogP contribution in [0.3, 0.4) is 0 Å². The monoisotopic (exact) mass is 420 g/mol. The van der Waals surface area contributed by atoms with Gasteiger partial charge in [0.25, 0.3) is 5.91 Å². The Morgan fingerprint density at radius 3 is 2.16 bits per heavy atom. The van der Waals surface area contributed by atoms with E-state index in [0.717, 1.165) is 22.4 Å². The topological polar surface area (TPSA) is 58.4 Å². The van der Waals surface area contributed by atoms with E-state index in [1.165, 1.54) is 12.1 Å². The maximum absolute atomic E-state index is 13.4. The minimum absolute atomic E-state index is 0.0195. The van der Waals surface area contributed by atoms with E-state index < -0.39 is 0 Å². The molecular formula is C24H25FN4O2. The van der Waals surface area contributed by atoms with Gasteiger partial charge in [-0.25, -0.2) is 9.07 Å². The zero-order chi connectivity index (χ0) is 22.1. The standard InChI is InChI=1S/C24H25FN4O2/c1-16-4-9-22(17(2)14-16)29-23(15-21(26-29)19-5-7-20(25)8-6-19)24(31)28-12-10-27(11-13-28)18(3)30/h4-9,14-15H,10-13H2,1-3H3. The van der Waals surface area contributed by atoms with Crippen LogP contribution < -0.4 is 0 Å². The molecular weight excluding hydrogens is 395 g/mol. The summed E-state index contributed by atoms with van der Waals surface area (Å²) in [5.41, 5.74) is 4.74. The van der Waals surface area contributed by atoms with Crippen LogP contribution in [0.4, 0.5) is 4.39 Å². The molecule has 1 aromatic heterocycles. The number of piperazine rings is 1. The highest BCUT2D eigenvalue weighted by Crippen LogP contribution is 2.25. The molecule has 0 aliphatic carbocycles. The van der Waals surface area contributed by atoms with Crippen molar-refractivity contribution in [2.75, 3.05) is 26.2 Å². The first-order valence-corrected chi connectivity index (χ1v) is 10.3. The number of rotatable bonds is 3. The number of hydrogen-bond donors (Lipinski definition) is 0. The second-order valence-corrected chi connectivity index (χ2v) is 7.92. The molecule has 0 saturated carbocycles. The zero-order valence-electron chi connectivity index (χ0n) is 17.9. The first kappa shape index (κ1) is 20.8. The van der Waals surface area contributed by atoms with Crippen molar-refractivity contribution in [2.45, 2.75) is 20.8 Å². The summed E-state index contributed by atoms with van der Waals surface area (Å²) in [6.07, 6.45) is 0. The van der Waals surface area contributed by atoms with Gasteiger partial charge < -0.3 is 9.80 Å². The smallest absolute Gasteiger partial charge is 0.272 e. The molecule has 2 aromatic carbocycles. The van der Waals surface area contributed by atoms with Crippen LogP contribution in [0.5, 0.6) is 0 Å². The molecule has 2 heterocycles. The van der Waals surface area contributed by atoms with Crippen LogP contribution in [0.25, 0.3) is 16.9 Å². The lowest BCUT2D eigenvalue weighted by molar-refractivity contribution is -0.130. The molecule has 31 heavy (non-hydrogen) atoms. The van der Waals surface area contributed by atoms with E-state index >= 15 is 0 Å². The molecule has 4 rings (SSSR count). The third kappa shape index (κ3) is 4.21. The number of aryl methyl sites for hydroxylation is 2. The summed E-state index contributed by atoms with van der Waals surface area (Å²) in [5, 5.41) is 4.71. The summed E-state index contributed by atoms with van der Waals surface area (Å²) in [7, 11) is 0. The Bertz CT molecular complexity index is 1130. The fourth-order valence-electron chi connectivity index (χ4n) is 3.91. The summed E-state index contributed by atoms with van der Waals surface area (Å²) in [5.74, 6) is -0.438. The van der Waals surface area contributed by atoms with Crippen molar-refractivity contribution >= 4 is 11.8 Å². The largest absolute Gasteiger partial charge is 0.339 e. The van der Waals surface area contributed by atoms with Crippen LogP contribution in [-0.4, -0.2) is 57.6 Å². The number of carbonyl (C=O) groups is 2. The third-order valence-electron chi connectivity index (χ3n) is 5.66. The van der Waals surface area contributed by atoms with Crippen LogP contribution >= 0.6 is 0 Å². The molecule has 0 atom stereocenters. The highest BCUT2D eigenvalue weighted by Gasteiger charge is 2.27. The first-order chi connectivity index (χ1) is 14.8. The average molecular weight is 420 g/mol. The average Bonchev–Trinajstić information content (AvgIpc) is 3.19. The van der Waals surface area contributed by atoms with Crippen molar-refractivity contribution in [2.24, 2.45) is 0 Å². The second kappa shape index (κ2) is 8.34. The van der Waals surface area contributed by atoms with Crippen molar-refractivity contribution in [3.8, 4) is 16.9 Å². The van der Waals surface area contributed by atoms with Crippen LogP contribution in [0, 0.1) is 19.7 Å². The molecule has 1 saturated heterocycles. The van der Waals surface area contributed by atoms with Crippen molar-refractivity contribution in [1.82, 2.24) is 19.6 Å². The maximum atomic E-state index is 13.4. The molecule has 1 fully saturated rings. The predicted molar refractivity (Wildman–Crippen MR) is 117 cm³/mol. The Morgan fingerprint density at radius 2 is 1.55 bits per heavy atom. The number of aromatic nitrogens is 2. The van der Waals surface area contributed by atoms with Gasteiger partial charge in [-0.3, -0.25) is 9.59 Å². The molecule has 160 valence electrons. The number of carbonyl (C=O) groups excluding carboxylic acids is 2. The third-order valence-corrected chi connectivity index (χ3v) is 5.66. The molecule has 2 amide bonds. The highest BCUT2D eigenvalue weighted by molar-refractivity contribution is 5.94. The Hall–Kier alpha value is -3.48. The first-order valence-electron chi connectivity index (χ1n) is 10.3. The highest BCUT2D eigenvalue weighted by atomic mass is 19.1.